The Morgan fingerprint density at radius 2 is 1.72 bits per heavy atom. The van der Waals surface area contributed by atoms with Gasteiger partial charge in [-0.3, -0.25) is 19.8 Å². The van der Waals surface area contributed by atoms with Gasteiger partial charge in [-0.25, -0.2) is 0 Å². The molecule has 0 aliphatic carbocycles. The van der Waals surface area contributed by atoms with Crippen LogP contribution in [0.5, 0.6) is 11.5 Å². The van der Waals surface area contributed by atoms with Crippen LogP contribution in [-0.2, 0) is 9.59 Å². The second kappa shape index (κ2) is 9.19. The van der Waals surface area contributed by atoms with Crippen LogP contribution >= 0.6 is 28.1 Å². The van der Waals surface area contributed by atoms with E-state index in [0.717, 1.165) is 0 Å². The molecule has 0 radical (unpaired) electrons. The lowest BCUT2D eigenvalue weighted by Gasteiger charge is -2.29. The van der Waals surface area contributed by atoms with Gasteiger partial charge in [0.25, 0.3) is 11.8 Å². The fraction of sp³-hybridized carbons (Fsp3) is 0.190. The topological polar surface area (TPSA) is 67.9 Å². The molecule has 0 aromatic heterocycles. The van der Waals surface area contributed by atoms with Crippen LogP contribution in [0.2, 0.25) is 0 Å². The SMILES string of the molecule is CCOc1cc(OCC)c(/C=C2\C(=O)NC(=S)N(c3ccccc3)C2=O)cc1Br. The van der Waals surface area contributed by atoms with Gasteiger partial charge in [0, 0.05) is 11.6 Å². The molecule has 2 aromatic carbocycles. The van der Waals surface area contributed by atoms with Crippen LogP contribution in [0.1, 0.15) is 19.4 Å². The maximum Gasteiger partial charge on any atom is 0.270 e. The van der Waals surface area contributed by atoms with Crippen molar-refractivity contribution in [2.45, 2.75) is 13.8 Å². The first kappa shape index (κ1) is 21.0. The number of amides is 2. The van der Waals surface area contributed by atoms with E-state index in [1.54, 1.807) is 36.4 Å². The molecular weight excluding hydrogens is 456 g/mol. The number of thiocarbonyl (C=S) groups is 1. The zero-order valence-corrected chi connectivity index (χ0v) is 18.3. The summed E-state index contributed by atoms with van der Waals surface area (Å²) in [5.74, 6) is 0.0633. The lowest BCUT2D eigenvalue weighted by Crippen LogP contribution is -2.54. The fourth-order valence-electron chi connectivity index (χ4n) is 2.83. The van der Waals surface area contributed by atoms with Crippen molar-refractivity contribution in [1.82, 2.24) is 5.32 Å². The zero-order chi connectivity index (χ0) is 21.0. The van der Waals surface area contributed by atoms with Crippen LogP contribution in [0.3, 0.4) is 0 Å². The van der Waals surface area contributed by atoms with Gasteiger partial charge in [-0.1, -0.05) is 18.2 Å². The predicted octanol–water partition coefficient (Wildman–Crippen LogP) is 4.08. The summed E-state index contributed by atoms with van der Waals surface area (Å²) < 4.78 is 12.0. The summed E-state index contributed by atoms with van der Waals surface area (Å²) in [5.41, 5.74) is 1.10. The highest BCUT2D eigenvalue weighted by atomic mass is 79.9. The molecule has 150 valence electrons. The molecule has 0 atom stereocenters. The molecule has 1 fully saturated rings. The van der Waals surface area contributed by atoms with Gasteiger partial charge in [0.1, 0.15) is 17.1 Å². The maximum absolute atomic E-state index is 13.1. The first-order valence-corrected chi connectivity index (χ1v) is 10.2. The summed E-state index contributed by atoms with van der Waals surface area (Å²) in [4.78, 5) is 26.9. The molecule has 2 amide bonds. The van der Waals surface area contributed by atoms with E-state index in [1.807, 2.05) is 19.9 Å². The van der Waals surface area contributed by atoms with Crippen molar-refractivity contribution in [1.29, 1.82) is 0 Å². The number of carbonyl (C=O) groups excluding carboxylic acids is 2. The number of nitrogens with one attached hydrogen (secondary N) is 1. The first-order valence-electron chi connectivity index (χ1n) is 9.01. The number of para-hydroxylation sites is 1. The second-order valence-corrected chi connectivity index (χ2v) is 7.22. The van der Waals surface area contributed by atoms with Crippen LogP contribution in [-0.4, -0.2) is 30.1 Å². The van der Waals surface area contributed by atoms with Crippen molar-refractivity contribution < 1.29 is 19.1 Å². The van der Waals surface area contributed by atoms with E-state index < -0.39 is 11.8 Å². The molecule has 29 heavy (non-hydrogen) atoms. The van der Waals surface area contributed by atoms with E-state index >= 15 is 0 Å². The number of nitrogens with zero attached hydrogens (tertiary/aromatic N) is 1. The normalized spacial score (nSPS) is 15.5. The van der Waals surface area contributed by atoms with Crippen LogP contribution < -0.4 is 19.7 Å². The highest BCUT2D eigenvalue weighted by molar-refractivity contribution is 9.10. The lowest BCUT2D eigenvalue weighted by molar-refractivity contribution is -0.122. The van der Waals surface area contributed by atoms with E-state index in [-0.39, 0.29) is 10.7 Å². The molecule has 8 heteroatoms. The van der Waals surface area contributed by atoms with Gasteiger partial charge in [-0.05, 0) is 66.3 Å². The van der Waals surface area contributed by atoms with Gasteiger partial charge in [-0.15, -0.1) is 0 Å². The molecule has 1 heterocycles. The Bertz CT molecular complexity index is 992. The number of benzene rings is 2. The van der Waals surface area contributed by atoms with E-state index in [2.05, 4.69) is 21.2 Å². The van der Waals surface area contributed by atoms with Crippen molar-refractivity contribution in [2.24, 2.45) is 0 Å². The number of carbonyl (C=O) groups is 2. The van der Waals surface area contributed by atoms with Crippen LogP contribution in [0, 0.1) is 0 Å². The fourth-order valence-corrected chi connectivity index (χ4v) is 3.59. The maximum atomic E-state index is 13.1. The van der Waals surface area contributed by atoms with Crippen LogP contribution in [0.15, 0.2) is 52.5 Å². The van der Waals surface area contributed by atoms with E-state index in [1.165, 1.54) is 11.0 Å². The minimum absolute atomic E-state index is 0.0422. The Labute approximate surface area is 182 Å². The number of rotatable bonds is 6. The average molecular weight is 475 g/mol. The van der Waals surface area contributed by atoms with Crippen molar-refractivity contribution in [3.8, 4) is 11.5 Å². The number of anilines is 1. The Morgan fingerprint density at radius 3 is 2.38 bits per heavy atom. The molecule has 1 aliphatic heterocycles. The van der Waals surface area contributed by atoms with E-state index in [4.69, 9.17) is 21.7 Å². The highest BCUT2D eigenvalue weighted by Gasteiger charge is 2.34. The van der Waals surface area contributed by atoms with Crippen molar-refractivity contribution in [3.05, 3.63) is 58.1 Å². The van der Waals surface area contributed by atoms with Crippen LogP contribution in [0.4, 0.5) is 5.69 Å². The van der Waals surface area contributed by atoms with Crippen molar-refractivity contribution >= 4 is 56.8 Å². The van der Waals surface area contributed by atoms with Gasteiger partial charge >= 0.3 is 0 Å². The molecule has 1 aliphatic rings. The molecule has 0 saturated carbocycles. The standard InChI is InChI=1S/C21H19BrN2O4S/c1-3-27-17-12-18(28-4-2)16(22)11-13(17)10-15-19(25)23-21(29)24(20(15)26)14-8-6-5-7-9-14/h5-12H,3-4H2,1-2H3,(H,23,25,29)/b15-10+. The van der Waals surface area contributed by atoms with Gasteiger partial charge in [0.15, 0.2) is 5.11 Å². The minimum atomic E-state index is -0.556. The Balaban J connectivity index is 2.06. The van der Waals surface area contributed by atoms with E-state index in [0.29, 0.717) is 40.4 Å². The molecule has 1 saturated heterocycles. The molecule has 3 rings (SSSR count). The van der Waals surface area contributed by atoms with Crippen LogP contribution in [0.25, 0.3) is 6.08 Å². The number of hydrogen-bond acceptors (Lipinski definition) is 5. The summed E-state index contributed by atoms with van der Waals surface area (Å²) in [6.45, 7) is 4.65. The van der Waals surface area contributed by atoms with Gasteiger partial charge in [0.2, 0.25) is 0 Å². The Morgan fingerprint density at radius 1 is 1.07 bits per heavy atom. The third-order valence-corrected chi connectivity index (χ3v) is 4.98. The van der Waals surface area contributed by atoms with Gasteiger partial charge < -0.3 is 9.47 Å². The minimum Gasteiger partial charge on any atom is -0.493 e. The highest BCUT2D eigenvalue weighted by Crippen LogP contribution is 2.35. The smallest absolute Gasteiger partial charge is 0.270 e. The predicted molar refractivity (Wildman–Crippen MR) is 119 cm³/mol. The lowest BCUT2D eigenvalue weighted by atomic mass is 10.1. The number of halogens is 1. The third kappa shape index (κ3) is 4.49. The molecular formula is C21H19BrN2O4S. The summed E-state index contributed by atoms with van der Waals surface area (Å²) in [6, 6.07) is 12.4. The molecule has 0 bridgehead atoms. The zero-order valence-electron chi connectivity index (χ0n) is 15.9. The third-order valence-electron chi connectivity index (χ3n) is 4.08. The van der Waals surface area contributed by atoms with Crippen molar-refractivity contribution in [3.63, 3.8) is 0 Å². The number of hydrogen-bond donors (Lipinski definition) is 1. The molecule has 0 unspecified atom stereocenters. The molecule has 1 N–H and O–H groups in total. The summed E-state index contributed by atoms with van der Waals surface area (Å²) in [6.07, 6.45) is 1.50. The molecule has 0 spiro atoms. The number of ether oxygens (including phenoxy) is 2. The molecule has 2 aromatic rings. The van der Waals surface area contributed by atoms with Gasteiger partial charge in [-0.2, -0.15) is 0 Å². The Hall–Kier alpha value is -2.71. The second-order valence-electron chi connectivity index (χ2n) is 5.98. The summed E-state index contributed by atoms with van der Waals surface area (Å²) in [7, 11) is 0. The summed E-state index contributed by atoms with van der Waals surface area (Å²) in [5, 5.41) is 2.62. The monoisotopic (exact) mass is 474 g/mol. The largest absolute Gasteiger partial charge is 0.493 e. The van der Waals surface area contributed by atoms with E-state index in [9.17, 15) is 9.59 Å². The van der Waals surface area contributed by atoms with Crippen molar-refractivity contribution in [2.75, 3.05) is 18.1 Å². The molecule has 6 nitrogen and oxygen atoms in total. The summed E-state index contributed by atoms with van der Waals surface area (Å²) >= 11 is 8.67. The first-order chi connectivity index (χ1) is 14.0. The quantitative estimate of drug-likeness (QED) is 0.388. The average Bonchev–Trinajstić information content (AvgIpc) is 2.69. The Kier molecular flexibility index (Phi) is 6.66. The van der Waals surface area contributed by atoms with Gasteiger partial charge in [0.05, 0.1) is 23.4 Å².